The van der Waals surface area contributed by atoms with E-state index in [1.807, 2.05) is 24.3 Å². The van der Waals surface area contributed by atoms with Gasteiger partial charge in [0.05, 0.1) is 22.1 Å². The molecule has 398 valence electrons. The zero-order chi connectivity index (χ0) is 55.9. The Morgan fingerprint density at radius 1 is 0.312 bits per heavy atom. The lowest BCUT2D eigenvalue weighted by molar-refractivity contribution is 0.590. The quantitative estimate of drug-likeness (QED) is 0.135. The maximum atomic E-state index is 7.02. The Labute approximate surface area is 473 Å². The van der Waals surface area contributed by atoms with Crippen LogP contribution in [0.2, 0.25) is 0 Å². The van der Waals surface area contributed by atoms with Gasteiger partial charge in [-0.25, -0.2) is 15.0 Å². The van der Waals surface area contributed by atoms with Crippen molar-refractivity contribution in [2.75, 3.05) is 0 Å². The molecule has 0 spiro atoms. The minimum atomic E-state index is -1.18. The standard InChI is InChI=1S/C73H70N5OP/c1-70(2,3)50-32-36-63-59(43-50)60-44-51(71(4,5)6)33-37-64(60)77(63)54-25-19-22-47(40-54)67-74-68(76-69(75-67)49-24-21-27-56(42-49)79-80(57-28-15-13-16-29-57)58-30-17-14-18-31-58)48-23-20-26-55(41-48)78-65-38-34-52(72(7,8)9)45-61(65)62-46-53(73(10,11)12)35-39-66(62)78/h13-46H,1-12H3. The Kier molecular flexibility index (Phi) is 13.0. The topological polar surface area (TPSA) is 57.8 Å². The van der Waals surface area contributed by atoms with E-state index in [0.29, 0.717) is 17.5 Å². The Balaban J connectivity index is 1.03. The van der Waals surface area contributed by atoms with Crippen LogP contribution >= 0.6 is 8.15 Å². The number of hydrogen-bond acceptors (Lipinski definition) is 4. The van der Waals surface area contributed by atoms with Gasteiger partial charge in [-0.3, -0.25) is 0 Å². The van der Waals surface area contributed by atoms with E-state index in [0.717, 1.165) is 66.5 Å². The molecule has 0 bridgehead atoms. The van der Waals surface area contributed by atoms with Crippen molar-refractivity contribution in [2.24, 2.45) is 0 Å². The summed E-state index contributed by atoms with van der Waals surface area (Å²) in [6, 6.07) is 74.5. The number of nitrogens with zero attached hydrogens (tertiary/aromatic N) is 5. The zero-order valence-corrected chi connectivity index (χ0v) is 49.1. The van der Waals surface area contributed by atoms with Gasteiger partial charge in [0, 0.05) is 60.2 Å². The summed E-state index contributed by atoms with van der Waals surface area (Å²) in [6.45, 7) is 27.5. The molecular weight excluding hydrogens is 994 g/mol. The second kappa shape index (κ2) is 19.9. The van der Waals surface area contributed by atoms with Gasteiger partial charge in [-0.1, -0.05) is 204 Å². The van der Waals surface area contributed by atoms with Crippen LogP contribution in [0, 0.1) is 0 Å². The summed E-state index contributed by atoms with van der Waals surface area (Å²) in [5.41, 5.74) is 14.5. The van der Waals surface area contributed by atoms with Crippen molar-refractivity contribution in [1.29, 1.82) is 0 Å². The second-order valence-electron chi connectivity index (χ2n) is 25.6. The molecule has 0 saturated carbocycles. The lowest BCUT2D eigenvalue weighted by Crippen LogP contribution is -2.15. The molecule has 0 aliphatic carbocycles. The summed E-state index contributed by atoms with van der Waals surface area (Å²) in [7, 11) is -1.18. The van der Waals surface area contributed by atoms with E-state index >= 15 is 0 Å². The summed E-state index contributed by atoms with van der Waals surface area (Å²) >= 11 is 0. The van der Waals surface area contributed by atoms with Crippen molar-refractivity contribution >= 4 is 62.4 Å². The van der Waals surface area contributed by atoms with Crippen molar-refractivity contribution in [3.63, 3.8) is 0 Å². The molecule has 3 heterocycles. The molecule has 12 rings (SSSR count). The molecule has 0 amide bonds. The van der Waals surface area contributed by atoms with Crippen LogP contribution < -0.4 is 15.1 Å². The van der Waals surface area contributed by atoms with E-state index in [1.54, 1.807) is 0 Å². The molecule has 0 aliphatic rings. The summed E-state index contributed by atoms with van der Waals surface area (Å²) in [5.74, 6) is 2.44. The SMILES string of the molecule is CC(C)(C)c1ccc2c(c1)c1cc(C(C)(C)C)ccc1n2-c1cccc(-c2nc(-c3cccc(OP(c4ccccc4)c4ccccc4)c3)nc(-c3cccc(-n4c5ccc(C(C)(C)C)cc5c5cc(C(C)(C)C)ccc54)c3)n2)c1. The van der Waals surface area contributed by atoms with Gasteiger partial charge in [0.15, 0.2) is 25.6 Å². The van der Waals surface area contributed by atoms with Crippen LogP contribution in [0.5, 0.6) is 5.75 Å². The van der Waals surface area contributed by atoms with E-state index < -0.39 is 8.15 Å². The maximum Gasteiger partial charge on any atom is 0.164 e. The first-order valence-corrected chi connectivity index (χ1v) is 29.3. The summed E-state index contributed by atoms with van der Waals surface area (Å²) < 4.78 is 11.8. The first-order chi connectivity index (χ1) is 38.2. The van der Waals surface area contributed by atoms with Crippen molar-refractivity contribution in [3.05, 3.63) is 229 Å². The van der Waals surface area contributed by atoms with E-state index in [1.165, 1.54) is 43.8 Å². The molecule has 0 radical (unpaired) electrons. The average molecular weight is 1060 g/mol. The Hall–Kier alpha value is -8.18. The summed E-state index contributed by atoms with van der Waals surface area (Å²) in [5, 5.41) is 7.22. The first-order valence-electron chi connectivity index (χ1n) is 28.0. The fourth-order valence-corrected chi connectivity index (χ4v) is 12.7. The highest BCUT2D eigenvalue weighted by Crippen LogP contribution is 2.42. The average Bonchev–Trinajstić information content (AvgIpc) is 3.71. The number of aromatic nitrogens is 5. The Bertz CT molecular complexity index is 3920. The number of hydrogen-bond donors (Lipinski definition) is 0. The van der Waals surface area contributed by atoms with Crippen LogP contribution in [-0.2, 0) is 21.7 Å². The van der Waals surface area contributed by atoms with Gasteiger partial charge in [-0.05, 0) is 129 Å². The Morgan fingerprint density at radius 3 is 0.950 bits per heavy atom. The van der Waals surface area contributed by atoms with Crippen molar-refractivity contribution in [1.82, 2.24) is 24.1 Å². The fourth-order valence-electron chi connectivity index (χ4n) is 11.0. The second-order valence-corrected chi connectivity index (χ2v) is 27.4. The lowest BCUT2D eigenvalue weighted by Gasteiger charge is -2.20. The monoisotopic (exact) mass is 1060 g/mol. The Morgan fingerprint density at radius 2 is 0.625 bits per heavy atom. The molecule has 12 aromatic rings. The van der Waals surface area contributed by atoms with E-state index in [4.69, 9.17) is 19.5 Å². The third-order valence-corrected chi connectivity index (χ3v) is 17.6. The number of benzene rings is 9. The van der Waals surface area contributed by atoms with Gasteiger partial charge in [0.1, 0.15) is 5.75 Å². The number of rotatable bonds is 9. The predicted octanol–water partition coefficient (Wildman–Crippen LogP) is 18.7. The van der Waals surface area contributed by atoms with Gasteiger partial charge < -0.3 is 13.7 Å². The van der Waals surface area contributed by atoms with Crippen LogP contribution in [0.15, 0.2) is 206 Å². The van der Waals surface area contributed by atoms with Gasteiger partial charge in [0.2, 0.25) is 0 Å². The van der Waals surface area contributed by atoms with Gasteiger partial charge in [0.25, 0.3) is 0 Å². The molecule has 0 unspecified atom stereocenters. The van der Waals surface area contributed by atoms with Crippen LogP contribution in [0.4, 0.5) is 0 Å². The van der Waals surface area contributed by atoms with Crippen LogP contribution in [0.3, 0.4) is 0 Å². The normalized spacial score (nSPS) is 12.6. The molecule has 80 heavy (non-hydrogen) atoms. The molecule has 0 fully saturated rings. The van der Waals surface area contributed by atoms with E-state index in [-0.39, 0.29) is 21.7 Å². The molecule has 7 heteroatoms. The van der Waals surface area contributed by atoms with Crippen molar-refractivity contribution in [2.45, 2.75) is 105 Å². The zero-order valence-electron chi connectivity index (χ0n) is 48.2. The van der Waals surface area contributed by atoms with E-state index in [9.17, 15) is 0 Å². The molecule has 0 atom stereocenters. The smallest absolute Gasteiger partial charge is 0.164 e. The molecule has 9 aromatic carbocycles. The summed E-state index contributed by atoms with van der Waals surface area (Å²) in [4.78, 5) is 16.2. The van der Waals surface area contributed by atoms with Crippen LogP contribution in [-0.4, -0.2) is 24.1 Å². The lowest BCUT2D eigenvalue weighted by atomic mass is 9.85. The van der Waals surface area contributed by atoms with Gasteiger partial charge in [-0.15, -0.1) is 0 Å². The predicted molar refractivity (Wildman–Crippen MR) is 339 cm³/mol. The highest BCUT2D eigenvalue weighted by Gasteiger charge is 2.25. The van der Waals surface area contributed by atoms with E-state index in [2.05, 4.69) is 274 Å². The maximum absolute atomic E-state index is 7.02. The third kappa shape index (κ3) is 10.0. The minimum absolute atomic E-state index is 0.00835. The highest BCUT2D eigenvalue weighted by molar-refractivity contribution is 7.68. The largest absolute Gasteiger partial charge is 0.464 e. The van der Waals surface area contributed by atoms with Gasteiger partial charge in [-0.2, -0.15) is 0 Å². The molecule has 3 aromatic heterocycles. The molecule has 0 aliphatic heterocycles. The van der Waals surface area contributed by atoms with Crippen molar-refractivity contribution in [3.8, 4) is 51.3 Å². The molecule has 0 saturated heterocycles. The van der Waals surface area contributed by atoms with Gasteiger partial charge >= 0.3 is 0 Å². The third-order valence-electron chi connectivity index (χ3n) is 15.6. The molecular formula is C73H70N5OP. The molecule has 6 nitrogen and oxygen atoms in total. The first kappa shape index (κ1) is 52.5. The van der Waals surface area contributed by atoms with Crippen LogP contribution in [0.25, 0.3) is 89.2 Å². The van der Waals surface area contributed by atoms with Crippen LogP contribution in [0.1, 0.15) is 105 Å². The summed E-state index contributed by atoms with van der Waals surface area (Å²) in [6.07, 6.45) is 0. The number of fused-ring (bicyclic) bond motifs is 6. The minimum Gasteiger partial charge on any atom is -0.464 e. The highest BCUT2D eigenvalue weighted by atomic mass is 31.1. The van der Waals surface area contributed by atoms with Crippen molar-refractivity contribution < 1.29 is 4.52 Å². The fraction of sp³-hybridized carbons (Fsp3) is 0.219. The molecule has 0 N–H and O–H groups in total.